The summed E-state index contributed by atoms with van der Waals surface area (Å²) in [5.41, 5.74) is 2.38. The molecule has 0 atom stereocenters. The Balaban J connectivity index is 0.00000261. The van der Waals surface area contributed by atoms with Crippen molar-refractivity contribution in [3.05, 3.63) is 46.3 Å². The summed E-state index contributed by atoms with van der Waals surface area (Å²) in [5, 5.41) is 3.42. The fourth-order valence-corrected chi connectivity index (χ4v) is 3.83. The molecule has 1 saturated heterocycles. The van der Waals surface area contributed by atoms with Gasteiger partial charge in [0.2, 0.25) is 0 Å². The molecule has 0 spiro atoms. The monoisotopic (exact) mass is 546 g/mol. The van der Waals surface area contributed by atoms with Crippen LogP contribution in [0.5, 0.6) is 0 Å². The van der Waals surface area contributed by atoms with Gasteiger partial charge in [0, 0.05) is 63.3 Å². The molecular weight excluding hydrogens is 519 g/mol. The van der Waals surface area contributed by atoms with E-state index in [2.05, 4.69) is 77.0 Å². The van der Waals surface area contributed by atoms with Gasteiger partial charge in [-0.3, -0.25) is 4.99 Å². The predicted octanol–water partition coefficient (Wildman–Crippen LogP) is 3.61. The molecule has 0 amide bonds. The van der Waals surface area contributed by atoms with E-state index in [4.69, 9.17) is 0 Å². The average Bonchev–Trinajstić information content (AvgIpc) is 3.26. The van der Waals surface area contributed by atoms with Crippen LogP contribution in [0.4, 0.5) is 5.82 Å². The number of nitrogens with one attached hydrogen (secondary N) is 1. The molecule has 0 saturated carbocycles. The Hall–Kier alpha value is -1.29. The molecule has 0 bridgehead atoms. The first kappa shape index (κ1) is 22.0. The van der Waals surface area contributed by atoms with Crippen molar-refractivity contribution in [2.24, 2.45) is 12.0 Å². The molecule has 6 nitrogen and oxygen atoms in total. The van der Waals surface area contributed by atoms with Crippen molar-refractivity contribution in [3.8, 4) is 0 Å². The maximum atomic E-state index is 4.62. The highest BCUT2D eigenvalue weighted by Gasteiger charge is 2.13. The number of aliphatic imine (C=N–C) groups is 1. The van der Waals surface area contributed by atoms with E-state index in [1.807, 2.05) is 20.3 Å². The van der Waals surface area contributed by atoms with Crippen LogP contribution in [0.25, 0.3) is 0 Å². The normalized spacial score (nSPS) is 14.2. The second-order valence-corrected chi connectivity index (χ2v) is 7.65. The predicted molar refractivity (Wildman–Crippen MR) is 126 cm³/mol. The SMILES string of the molecule is CN=C(NCc1ccc(N2CCCC2)nc1)N(C)Cc1cc(Br)cn1C.I. The molecule has 2 aromatic rings. The molecule has 0 aliphatic carbocycles. The number of hydrogen-bond donors (Lipinski definition) is 1. The van der Waals surface area contributed by atoms with Crippen molar-refractivity contribution in [2.45, 2.75) is 25.9 Å². The first-order valence-electron chi connectivity index (χ1n) is 8.99. The minimum Gasteiger partial charge on any atom is -0.357 e. The van der Waals surface area contributed by atoms with Crippen LogP contribution in [0.3, 0.4) is 0 Å². The number of aryl methyl sites for hydroxylation is 1. The van der Waals surface area contributed by atoms with Crippen LogP contribution in [0, 0.1) is 0 Å². The van der Waals surface area contributed by atoms with Gasteiger partial charge in [0.05, 0.1) is 6.54 Å². The molecule has 148 valence electrons. The molecule has 0 unspecified atom stereocenters. The van der Waals surface area contributed by atoms with Gasteiger partial charge >= 0.3 is 0 Å². The van der Waals surface area contributed by atoms with Gasteiger partial charge in [0.15, 0.2) is 5.96 Å². The van der Waals surface area contributed by atoms with Gasteiger partial charge in [-0.05, 0) is 46.5 Å². The summed E-state index contributed by atoms with van der Waals surface area (Å²) in [4.78, 5) is 13.5. The first-order chi connectivity index (χ1) is 12.6. The van der Waals surface area contributed by atoms with Gasteiger partial charge in [-0.25, -0.2) is 4.98 Å². The van der Waals surface area contributed by atoms with E-state index in [1.165, 1.54) is 18.5 Å². The largest absolute Gasteiger partial charge is 0.357 e. The van der Waals surface area contributed by atoms with E-state index < -0.39 is 0 Å². The minimum atomic E-state index is 0. The third-order valence-electron chi connectivity index (χ3n) is 4.74. The summed E-state index contributed by atoms with van der Waals surface area (Å²) in [6.07, 6.45) is 6.56. The van der Waals surface area contributed by atoms with Crippen molar-refractivity contribution in [2.75, 3.05) is 32.1 Å². The molecule has 2 aromatic heterocycles. The number of guanidine groups is 1. The number of halogens is 2. The molecule has 8 heteroatoms. The highest BCUT2D eigenvalue weighted by Crippen LogP contribution is 2.18. The third-order valence-corrected chi connectivity index (χ3v) is 5.17. The maximum absolute atomic E-state index is 4.62. The molecule has 3 rings (SSSR count). The van der Waals surface area contributed by atoms with Crippen molar-refractivity contribution in [1.82, 2.24) is 19.8 Å². The molecule has 27 heavy (non-hydrogen) atoms. The lowest BCUT2D eigenvalue weighted by Crippen LogP contribution is -2.38. The van der Waals surface area contributed by atoms with E-state index >= 15 is 0 Å². The standard InChI is InChI=1S/C19H27BrN6.HI/c1-21-19(25(3)14-17-10-16(20)13-24(17)2)23-12-15-6-7-18(22-11-15)26-8-4-5-9-26;/h6-7,10-11,13H,4-5,8-9,12,14H2,1-3H3,(H,21,23);1H. The zero-order chi connectivity index (χ0) is 18.5. The lowest BCUT2D eigenvalue weighted by atomic mass is 10.3. The van der Waals surface area contributed by atoms with Crippen molar-refractivity contribution < 1.29 is 0 Å². The summed E-state index contributed by atoms with van der Waals surface area (Å²) >= 11 is 3.52. The van der Waals surface area contributed by atoms with Crippen LogP contribution in [0.2, 0.25) is 0 Å². The Bertz CT molecular complexity index is 752. The second-order valence-electron chi connectivity index (χ2n) is 6.74. The van der Waals surface area contributed by atoms with Gasteiger partial charge < -0.3 is 19.7 Å². The van der Waals surface area contributed by atoms with Gasteiger partial charge in [-0.1, -0.05) is 6.07 Å². The number of rotatable bonds is 5. The summed E-state index contributed by atoms with van der Waals surface area (Å²) < 4.78 is 3.21. The summed E-state index contributed by atoms with van der Waals surface area (Å²) in [6, 6.07) is 6.40. The topological polar surface area (TPSA) is 48.7 Å². The van der Waals surface area contributed by atoms with Crippen LogP contribution < -0.4 is 10.2 Å². The van der Waals surface area contributed by atoms with E-state index in [1.54, 1.807) is 0 Å². The summed E-state index contributed by atoms with van der Waals surface area (Å²) in [7, 11) is 5.91. The van der Waals surface area contributed by atoms with Crippen molar-refractivity contribution >= 4 is 51.7 Å². The Kier molecular flexibility index (Phi) is 8.40. The molecule has 1 N–H and O–H groups in total. The lowest BCUT2D eigenvalue weighted by Gasteiger charge is -2.22. The van der Waals surface area contributed by atoms with Gasteiger partial charge in [0.25, 0.3) is 0 Å². The number of aromatic nitrogens is 2. The van der Waals surface area contributed by atoms with E-state index in [0.717, 1.165) is 41.4 Å². The van der Waals surface area contributed by atoms with E-state index in [-0.39, 0.29) is 24.0 Å². The minimum absolute atomic E-state index is 0. The van der Waals surface area contributed by atoms with Crippen molar-refractivity contribution in [1.29, 1.82) is 0 Å². The summed E-state index contributed by atoms with van der Waals surface area (Å²) in [6.45, 7) is 3.74. The summed E-state index contributed by atoms with van der Waals surface area (Å²) in [5.74, 6) is 1.95. The van der Waals surface area contributed by atoms with Crippen LogP contribution >= 0.6 is 39.9 Å². The Labute approximate surface area is 187 Å². The van der Waals surface area contributed by atoms with Crippen LogP contribution in [0.15, 0.2) is 40.1 Å². The Morgan fingerprint density at radius 1 is 1.33 bits per heavy atom. The van der Waals surface area contributed by atoms with Gasteiger partial charge in [-0.15, -0.1) is 24.0 Å². The van der Waals surface area contributed by atoms with Gasteiger partial charge in [0.1, 0.15) is 5.82 Å². The van der Waals surface area contributed by atoms with E-state index in [0.29, 0.717) is 6.54 Å². The van der Waals surface area contributed by atoms with Crippen LogP contribution in [0.1, 0.15) is 24.1 Å². The first-order valence-corrected chi connectivity index (χ1v) is 9.78. The highest BCUT2D eigenvalue weighted by molar-refractivity contribution is 14.0. The Morgan fingerprint density at radius 2 is 2.07 bits per heavy atom. The average molecular weight is 547 g/mol. The van der Waals surface area contributed by atoms with Gasteiger partial charge in [-0.2, -0.15) is 0 Å². The number of anilines is 1. The van der Waals surface area contributed by atoms with Crippen LogP contribution in [-0.2, 0) is 20.1 Å². The molecular formula is C19H28BrIN6. The van der Waals surface area contributed by atoms with Crippen molar-refractivity contribution in [3.63, 3.8) is 0 Å². The molecule has 1 aliphatic heterocycles. The number of pyridine rings is 1. The third kappa shape index (κ3) is 5.84. The molecule has 1 fully saturated rings. The second kappa shape index (κ2) is 10.3. The molecule has 3 heterocycles. The highest BCUT2D eigenvalue weighted by atomic mass is 127. The molecule has 1 aliphatic rings. The van der Waals surface area contributed by atoms with Crippen LogP contribution in [-0.4, -0.2) is 47.6 Å². The number of hydrogen-bond acceptors (Lipinski definition) is 3. The number of nitrogens with zero attached hydrogens (tertiary/aromatic N) is 5. The fourth-order valence-electron chi connectivity index (χ4n) is 3.26. The van der Waals surface area contributed by atoms with E-state index in [9.17, 15) is 0 Å². The molecule has 0 aromatic carbocycles. The zero-order valence-corrected chi connectivity index (χ0v) is 20.1. The Morgan fingerprint density at radius 3 is 2.63 bits per heavy atom. The fraction of sp³-hybridized carbons (Fsp3) is 0.474. The molecule has 0 radical (unpaired) electrons. The quantitative estimate of drug-likeness (QED) is 0.353. The lowest BCUT2D eigenvalue weighted by molar-refractivity contribution is 0.461. The smallest absolute Gasteiger partial charge is 0.194 e. The zero-order valence-electron chi connectivity index (χ0n) is 16.2. The maximum Gasteiger partial charge on any atom is 0.194 e.